The largest absolute Gasteiger partial charge is 0.492 e. The van der Waals surface area contributed by atoms with Gasteiger partial charge in [-0.1, -0.05) is 0 Å². The number of aryl methyl sites for hydroxylation is 1. The van der Waals surface area contributed by atoms with Gasteiger partial charge in [-0.25, -0.2) is 0 Å². The van der Waals surface area contributed by atoms with Crippen LogP contribution in [0.5, 0.6) is 5.75 Å². The van der Waals surface area contributed by atoms with E-state index in [0.717, 1.165) is 23.6 Å². The predicted molar refractivity (Wildman–Crippen MR) is 66.7 cm³/mol. The van der Waals surface area contributed by atoms with E-state index in [9.17, 15) is 0 Å². The third-order valence-corrected chi connectivity index (χ3v) is 3.19. The minimum Gasteiger partial charge on any atom is -0.492 e. The minimum absolute atomic E-state index is 0.557. The zero-order valence-electron chi connectivity index (χ0n) is 10.1. The summed E-state index contributed by atoms with van der Waals surface area (Å²) in [5.74, 6) is 0.887. The fourth-order valence-corrected chi connectivity index (χ4v) is 2.24. The van der Waals surface area contributed by atoms with Crippen LogP contribution in [-0.4, -0.2) is 31.1 Å². The molecule has 2 N–H and O–H groups in total. The van der Waals surface area contributed by atoms with Gasteiger partial charge in [-0.2, -0.15) is 0 Å². The van der Waals surface area contributed by atoms with Gasteiger partial charge in [0.2, 0.25) is 0 Å². The van der Waals surface area contributed by atoms with Crippen LogP contribution in [0.25, 0.3) is 0 Å². The second-order valence-corrected chi connectivity index (χ2v) is 4.67. The van der Waals surface area contributed by atoms with E-state index in [1.54, 1.807) is 0 Å². The van der Waals surface area contributed by atoms with Crippen molar-refractivity contribution in [1.82, 2.24) is 4.90 Å². The Morgan fingerprint density at radius 2 is 2.25 bits per heavy atom. The van der Waals surface area contributed by atoms with Crippen molar-refractivity contribution >= 4 is 5.69 Å². The normalized spacial score (nSPS) is 21.2. The van der Waals surface area contributed by atoms with Crippen molar-refractivity contribution in [3.63, 3.8) is 0 Å². The number of likely N-dealkylation sites (N-methyl/N-ethyl adjacent to an activating group) is 1. The minimum atomic E-state index is 0.557. The Bertz CT molecular complexity index is 345. The van der Waals surface area contributed by atoms with Crippen LogP contribution in [0, 0.1) is 6.92 Å². The van der Waals surface area contributed by atoms with Crippen molar-refractivity contribution in [2.75, 3.05) is 25.9 Å². The van der Waals surface area contributed by atoms with E-state index in [2.05, 4.69) is 11.9 Å². The third kappa shape index (κ3) is 2.67. The number of nitrogens with zero attached hydrogens (tertiary/aromatic N) is 1. The maximum absolute atomic E-state index is 5.80. The third-order valence-electron chi connectivity index (χ3n) is 3.19. The summed E-state index contributed by atoms with van der Waals surface area (Å²) in [6.45, 7) is 3.98. The Balaban J connectivity index is 1.94. The zero-order valence-corrected chi connectivity index (χ0v) is 10.1. The molecule has 0 unspecified atom stereocenters. The average molecular weight is 220 g/mol. The molecule has 1 fully saturated rings. The van der Waals surface area contributed by atoms with Crippen LogP contribution in [0.4, 0.5) is 5.69 Å². The summed E-state index contributed by atoms with van der Waals surface area (Å²) in [5, 5.41) is 0. The Morgan fingerprint density at radius 1 is 1.44 bits per heavy atom. The number of ether oxygens (including phenoxy) is 1. The van der Waals surface area contributed by atoms with Gasteiger partial charge in [-0.15, -0.1) is 0 Å². The number of hydrogen-bond acceptors (Lipinski definition) is 3. The molecule has 0 spiro atoms. The average Bonchev–Trinajstić information content (AvgIpc) is 2.59. The van der Waals surface area contributed by atoms with Crippen molar-refractivity contribution in [2.45, 2.75) is 25.8 Å². The first kappa shape index (κ1) is 11.3. The summed E-state index contributed by atoms with van der Waals surface area (Å²) in [4.78, 5) is 2.36. The molecule has 1 heterocycles. The van der Waals surface area contributed by atoms with Gasteiger partial charge in [0.05, 0.1) is 0 Å². The fourth-order valence-electron chi connectivity index (χ4n) is 2.24. The Morgan fingerprint density at radius 3 is 2.88 bits per heavy atom. The molecule has 0 saturated carbocycles. The number of benzene rings is 1. The van der Waals surface area contributed by atoms with Crippen molar-refractivity contribution < 1.29 is 4.74 Å². The summed E-state index contributed by atoms with van der Waals surface area (Å²) < 4.78 is 5.80. The van der Waals surface area contributed by atoms with Crippen LogP contribution in [0.15, 0.2) is 18.2 Å². The molecule has 1 aliphatic heterocycles. The standard InChI is InChI=1S/C13H20N2O/c1-10-6-11(14)8-13(7-10)16-9-12-4-3-5-15(12)2/h6-8,12H,3-5,9,14H2,1-2H3/t12-/m1/s1. The van der Waals surface area contributed by atoms with Crippen LogP contribution >= 0.6 is 0 Å². The first-order chi connectivity index (χ1) is 7.65. The lowest BCUT2D eigenvalue weighted by Crippen LogP contribution is -2.30. The van der Waals surface area contributed by atoms with Gasteiger partial charge in [-0.05, 0) is 51.1 Å². The van der Waals surface area contributed by atoms with Gasteiger partial charge in [0.15, 0.2) is 0 Å². The smallest absolute Gasteiger partial charge is 0.121 e. The molecule has 1 atom stereocenters. The highest BCUT2D eigenvalue weighted by Crippen LogP contribution is 2.20. The molecule has 0 amide bonds. The molecule has 1 aromatic rings. The van der Waals surface area contributed by atoms with Gasteiger partial charge in [0.25, 0.3) is 0 Å². The van der Waals surface area contributed by atoms with E-state index < -0.39 is 0 Å². The SMILES string of the molecule is Cc1cc(N)cc(OC[C@H]2CCCN2C)c1. The van der Waals surface area contributed by atoms with Crippen LogP contribution in [0.3, 0.4) is 0 Å². The second-order valence-electron chi connectivity index (χ2n) is 4.67. The lowest BCUT2D eigenvalue weighted by atomic mass is 10.2. The lowest BCUT2D eigenvalue weighted by Gasteiger charge is -2.19. The molecule has 0 aromatic heterocycles. The van der Waals surface area contributed by atoms with E-state index in [-0.39, 0.29) is 0 Å². The van der Waals surface area contributed by atoms with Crippen molar-refractivity contribution in [3.8, 4) is 5.75 Å². The first-order valence-corrected chi connectivity index (χ1v) is 5.85. The van der Waals surface area contributed by atoms with E-state index in [1.807, 2.05) is 25.1 Å². The van der Waals surface area contributed by atoms with Crippen molar-refractivity contribution in [1.29, 1.82) is 0 Å². The lowest BCUT2D eigenvalue weighted by molar-refractivity contribution is 0.198. The van der Waals surface area contributed by atoms with Gasteiger partial charge < -0.3 is 15.4 Å². The van der Waals surface area contributed by atoms with Crippen molar-refractivity contribution in [3.05, 3.63) is 23.8 Å². The molecular formula is C13H20N2O. The van der Waals surface area contributed by atoms with E-state index in [4.69, 9.17) is 10.5 Å². The maximum Gasteiger partial charge on any atom is 0.121 e. The fraction of sp³-hybridized carbons (Fsp3) is 0.538. The molecule has 0 aliphatic carbocycles. The van der Waals surface area contributed by atoms with E-state index in [0.29, 0.717) is 6.04 Å². The molecule has 1 saturated heterocycles. The van der Waals surface area contributed by atoms with Crippen LogP contribution < -0.4 is 10.5 Å². The highest BCUT2D eigenvalue weighted by molar-refractivity contribution is 5.47. The number of hydrogen-bond donors (Lipinski definition) is 1. The van der Waals surface area contributed by atoms with Crippen molar-refractivity contribution in [2.24, 2.45) is 0 Å². The molecule has 0 bridgehead atoms. The molecular weight excluding hydrogens is 200 g/mol. The summed E-state index contributed by atoms with van der Waals surface area (Å²) in [5.41, 5.74) is 7.70. The number of nitrogen functional groups attached to an aromatic ring is 1. The summed E-state index contributed by atoms with van der Waals surface area (Å²) in [7, 11) is 2.16. The maximum atomic E-state index is 5.80. The highest BCUT2D eigenvalue weighted by atomic mass is 16.5. The number of anilines is 1. The number of rotatable bonds is 3. The molecule has 1 aromatic carbocycles. The van der Waals surface area contributed by atoms with Gasteiger partial charge >= 0.3 is 0 Å². The molecule has 2 rings (SSSR count). The zero-order chi connectivity index (χ0) is 11.5. The quantitative estimate of drug-likeness (QED) is 0.792. The molecule has 3 heteroatoms. The molecule has 16 heavy (non-hydrogen) atoms. The van der Waals surface area contributed by atoms with Gasteiger partial charge in [-0.3, -0.25) is 0 Å². The second kappa shape index (κ2) is 4.74. The molecule has 88 valence electrons. The number of nitrogens with two attached hydrogens (primary N) is 1. The van der Waals surface area contributed by atoms with E-state index in [1.165, 1.54) is 19.4 Å². The Kier molecular flexibility index (Phi) is 3.34. The predicted octanol–water partition coefficient (Wildman–Crippen LogP) is 2.05. The summed E-state index contributed by atoms with van der Waals surface area (Å²) >= 11 is 0. The molecule has 1 aliphatic rings. The van der Waals surface area contributed by atoms with E-state index >= 15 is 0 Å². The first-order valence-electron chi connectivity index (χ1n) is 5.85. The van der Waals surface area contributed by atoms with Crippen LogP contribution in [-0.2, 0) is 0 Å². The monoisotopic (exact) mass is 220 g/mol. The molecule has 3 nitrogen and oxygen atoms in total. The summed E-state index contributed by atoms with van der Waals surface area (Å²) in [6, 6.07) is 6.43. The number of likely N-dealkylation sites (tertiary alicyclic amines) is 1. The Labute approximate surface area is 97.2 Å². The summed E-state index contributed by atoms with van der Waals surface area (Å²) in [6.07, 6.45) is 2.51. The topological polar surface area (TPSA) is 38.5 Å². The van der Waals surface area contributed by atoms with Gasteiger partial charge in [0, 0.05) is 17.8 Å². The molecule has 0 radical (unpaired) electrons. The van der Waals surface area contributed by atoms with Crippen LogP contribution in [0.2, 0.25) is 0 Å². The Hall–Kier alpha value is -1.22. The van der Waals surface area contributed by atoms with Crippen LogP contribution in [0.1, 0.15) is 18.4 Å². The highest BCUT2D eigenvalue weighted by Gasteiger charge is 2.21. The van der Waals surface area contributed by atoms with Gasteiger partial charge in [0.1, 0.15) is 12.4 Å².